The standard InChI is InChI=1S/C18H17FN6/c1-2-9-25-16(23-14-4-3-7-20-18(14)25)12-24-10-8-21-17(24)13-5-6-15(19)22-11-13/h3-8,10-11H,2,9,12H2,1H3. The number of hydrogen-bond donors (Lipinski definition) is 0. The van der Waals surface area contributed by atoms with E-state index >= 15 is 0 Å². The SMILES string of the molecule is CCCn1c(Cn2ccnc2-c2ccc(F)nc2)nc2cccnc21. The molecule has 0 spiro atoms. The highest BCUT2D eigenvalue weighted by atomic mass is 19.1. The summed E-state index contributed by atoms with van der Waals surface area (Å²) in [6.07, 6.45) is 7.89. The zero-order chi connectivity index (χ0) is 17.2. The number of aromatic nitrogens is 6. The van der Waals surface area contributed by atoms with Crippen LogP contribution in [0.15, 0.2) is 49.1 Å². The molecule has 0 bridgehead atoms. The summed E-state index contributed by atoms with van der Waals surface area (Å²) in [7, 11) is 0. The van der Waals surface area contributed by atoms with Gasteiger partial charge in [0.1, 0.15) is 17.2 Å². The average molecular weight is 336 g/mol. The van der Waals surface area contributed by atoms with Gasteiger partial charge in [0.05, 0.1) is 6.54 Å². The van der Waals surface area contributed by atoms with Crippen molar-refractivity contribution in [3.05, 3.63) is 60.8 Å². The van der Waals surface area contributed by atoms with Crippen LogP contribution in [0.3, 0.4) is 0 Å². The summed E-state index contributed by atoms with van der Waals surface area (Å²) in [5.41, 5.74) is 2.54. The molecule has 0 unspecified atom stereocenters. The van der Waals surface area contributed by atoms with Gasteiger partial charge >= 0.3 is 0 Å². The molecule has 0 fully saturated rings. The molecule has 4 aromatic heterocycles. The lowest BCUT2D eigenvalue weighted by molar-refractivity contribution is 0.583. The summed E-state index contributed by atoms with van der Waals surface area (Å²) < 4.78 is 17.2. The molecule has 0 radical (unpaired) electrons. The largest absolute Gasteiger partial charge is 0.323 e. The Morgan fingerprint density at radius 2 is 2.00 bits per heavy atom. The number of aryl methyl sites for hydroxylation is 1. The van der Waals surface area contributed by atoms with E-state index in [-0.39, 0.29) is 0 Å². The number of halogens is 1. The van der Waals surface area contributed by atoms with E-state index in [1.165, 1.54) is 12.3 Å². The van der Waals surface area contributed by atoms with Gasteiger partial charge in [0.25, 0.3) is 0 Å². The van der Waals surface area contributed by atoms with Gasteiger partial charge in [-0.25, -0.2) is 19.9 Å². The minimum absolute atomic E-state index is 0.502. The quantitative estimate of drug-likeness (QED) is 0.525. The van der Waals surface area contributed by atoms with E-state index in [1.807, 2.05) is 22.9 Å². The third kappa shape index (κ3) is 2.88. The van der Waals surface area contributed by atoms with E-state index in [9.17, 15) is 4.39 Å². The van der Waals surface area contributed by atoms with Crippen molar-refractivity contribution in [3.63, 3.8) is 0 Å². The number of nitrogens with zero attached hydrogens (tertiary/aromatic N) is 6. The fourth-order valence-corrected chi connectivity index (χ4v) is 2.94. The van der Waals surface area contributed by atoms with E-state index in [1.54, 1.807) is 18.5 Å². The summed E-state index contributed by atoms with van der Waals surface area (Å²) in [6.45, 7) is 3.54. The van der Waals surface area contributed by atoms with Crippen molar-refractivity contribution in [1.82, 2.24) is 29.1 Å². The average Bonchev–Trinajstić information content (AvgIpc) is 3.22. The van der Waals surface area contributed by atoms with Crippen LogP contribution in [0, 0.1) is 5.95 Å². The molecule has 25 heavy (non-hydrogen) atoms. The normalized spacial score (nSPS) is 11.3. The van der Waals surface area contributed by atoms with Crippen molar-refractivity contribution in [2.75, 3.05) is 0 Å². The molecule has 0 atom stereocenters. The number of rotatable bonds is 5. The van der Waals surface area contributed by atoms with Gasteiger partial charge in [0, 0.05) is 36.9 Å². The van der Waals surface area contributed by atoms with Crippen LogP contribution >= 0.6 is 0 Å². The lowest BCUT2D eigenvalue weighted by Crippen LogP contribution is -2.10. The molecule has 0 saturated heterocycles. The Morgan fingerprint density at radius 1 is 1.08 bits per heavy atom. The van der Waals surface area contributed by atoms with Gasteiger partial charge in [0.2, 0.25) is 5.95 Å². The van der Waals surface area contributed by atoms with Gasteiger partial charge in [-0.15, -0.1) is 0 Å². The predicted molar refractivity (Wildman–Crippen MR) is 92.3 cm³/mol. The van der Waals surface area contributed by atoms with Gasteiger partial charge in [0.15, 0.2) is 5.65 Å². The van der Waals surface area contributed by atoms with E-state index in [0.29, 0.717) is 6.54 Å². The summed E-state index contributed by atoms with van der Waals surface area (Å²) in [4.78, 5) is 17.3. The number of imidazole rings is 2. The van der Waals surface area contributed by atoms with Crippen LogP contribution in [0.1, 0.15) is 19.2 Å². The van der Waals surface area contributed by atoms with E-state index < -0.39 is 5.95 Å². The summed E-state index contributed by atoms with van der Waals surface area (Å²) in [6, 6.07) is 6.88. The molecule has 0 aromatic carbocycles. The predicted octanol–water partition coefficient (Wildman–Crippen LogP) is 3.29. The molecule has 6 nitrogen and oxygen atoms in total. The van der Waals surface area contributed by atoms with Crippen molar-refractivity contribution >= 4 is 11.2 Å². The maximum absolute atomic E-state index is 13.1. The van der Waals surface area contributed by atoms with Crippen molar-refractivity contribution < 1.29 is 4.39 Å². The van der Waals surface area contributed by atoms with E-state index in [0.717, 1.165) is 41.3 Å². The highest BCUT2D eigenvalue weighted by molar-refractivity contribution is 5.71. The summed E-state index contributed by atoms with van der Waals surface area (Å²) in [5, 5.41) is 0. The maximum atomic E-state index is 13.1. The molecular formula is C18H17FN6. The Hall–Kier alpha value is -3.09. The molecule has 0 amide bonds. The lowest BCUT2D eigenvalue weighted by atomic mass is 10.2. The number of hydrogen-bond acceptors (Lipinski definition) is 4. The van der Waals surface area contributed by atoms with Crippen LogP contribution in [-0.4, -0.2) is 29.1 Å². The molecule has 4 aromatic rings. The fraction of sp³-hybridized carbons (Fsp3) is 0.222. The maximum Gasteiger partial charge on any atom is 0.212 e. The van der Waals surface area contributed by atoms with Crippen LogP contribution in [0.5, 0.6) is 0 Å². The second-order valence-corrected chi connectivity index (χ2v) is 5.77. The molecular weight excluding hydrogens is 319 g/mol. The Labute approximate surface area is 144 Å². The molecule has 0 aliphatic carbocycles. The van der Waals surface area contributed by atoms with Crippen molar-refractivity contribution in [3.8, 4) is 11.4 Å². The zero-order valence-corrected chi connectivity index (χ0v) is 13.8. The van der Waals surface area contributed by atoms with E-state index in [2.05, 4.69) is 26.4 Å². The third-order valence-electron chi connectivity index (χ3n) is 4.04. The minimum Gasteiger partial charge on any atom is -0.323 e. The Kier molecular flexibility index (Phi) is 3.97. The van der Waals surface area contributed by atoms with Crippen molar-refractivity contribution in [2.24, 2.45) is 0 Å². The second-order valence-electron chi connectivity index (χ2n) is 5.77. The number of pyridine rings is 2. The van der Waals surface area contributed by atoms with Gasteiger partial charge in [-0.1, -0.05) is 6.92 Å². The van der Waals surface area contributed by atoms with Gasteiger partial charge in [-0.2, -0.15) is 4.39 Å². The second kappa shape index (κ2) is 6.43. The molecule has 4 heterocycles. The van der Waals surface area contributed by atoms with Crippen LogP contribution in [-0.2, 0) is 13.1 Å². The smallest absolute Gasteiger partial charge is 0.212 e. The van der Waals surface area contributed by atoms with Crippen molar-refractivity contribution in [2.45, 2.75) is 26.4 Å². The summed E-state index contributed by atoms with van der Waals surface area (Å²) in [5.74, 6) is 1.15. The highest BCUT2D eigenvalue weighted by Gasteiger charge is 2.14. The molecule has 4 rings (SSSR count). The molecule has 0 aliphatic rings. The third-order valence-corrected chi connectivity index (χ3v) is 4.04. The van der Waals surface area contributed by atoms with E-state index in [4.69, 9.17) is 4.98 Å². The minimum atomic E-state index is -0.502. The Bertz CT molecular complexity index is 1000. The van der Waals surface area contributed by atoms with Crippen molar-refractivity contribution in [1.29, 1.82) is 0 Å². The monoisotopic (exact) mass is 336 g/mol. The van der Waals surface area contributed by atoms with Crippen LogP contribution in [0.4, 0.5) is 4.39 Å². The van der Waals surface area contributed by atoms with Crippen LogP contribution < -0.4 is 0 Å². The molecule has 0 N–H and O–H groups in total. The Balaban J connectivity index is 1.74. The van der Waals surface area contributed by atoms with Crippen LogP contribution in [0.25, 0.3) is 22.6 Å². The molecule has 0 aliphatic heterocycles. The first-order chi connectivity index (χ1) is 12.3. The molecule has 126 valence electrons. The topological polar surface area (TPSA) is 61.4 Å². The summed E-state index contributed by atoms with van der Waals surface area (Å²) >= 11 is 0. The first kappa shape index (κ1) is 15.4. The fourth-order valence-electron chi connectivity index (χ4n) is 2.94. The van der Waals surface area contributed by atoms with Crippen LogP contribution in [0.2, 0.25) is 0 Å². The highest BCUT2D eigenvalue weighted by Crippen LogP contribution is 2.20. The van der Waals surface area contributed by atoms with Gasteiger partial charge in [-0.3, -0.25) is 0 Å². The Morgan fingerprint density at radius 3 is 2.80 bits per heavy atom. The zero-order valence-electron chi connectivity index (χ0n) is 13.8. The van der Waals surface area contributed by atoms with Gasteiger partial charge in [-0.05, 0) is 30.7 Å². The lowest BCUT2D eigenvalue weighted by Gasteiger charge is -2.10. The van der Waals surface area contributed by atoms with Gasteiger partial charge < -0.3 is 9.13 Å². The molecule has 7 heteroatoms. The first-order valence-corrected chi connectivity index (χ1v) is 8.19. The first-order valence-electron chi connectivity index (χ1n) is 8.19. The molecule has 0 saturated carbocycles. The number of fused-ring (bicyclic) bond motifs is 1.